The third-order valence-electron chi connectivity index (χ3n) is 3.08. The zero-order valence-corrected chi connectivity index (χ0v) is 11.3. The number of hydrogen-bond acceptors (Lipinski definition) is 7. The summed E-state index contributed by atoms with van der Waals surface area (Å²) in [5.74, 6) is -2.53. The van der Waals surface area contributed by atoms with Crippen molar-refractivity contribution in [1.82, 2.24) is 5.32 Å². The molecule has 0 aromatic heterocycles. The molecule has 0 aromatic carbocycles. The summed E-state index contributed by atoms with van der Waals surface area (Å²) >= 11 is 0. The summed E-state index contributed by atoms with van der Waals surface area (Å²) in [6.45, 7) is 0.773. The Bertz CT molecular complexity index is 423. The van der Waals surface area contributed by atoms with Gasteiger partial charge in [-0.25, -0.2) is 4.79 Å². The minimum atomic E-state index is -1.70. The predicted molar refractivity (Wildman–Crippen MR) is 67.9 cm³/mol. The first-order valence-corrected chi connectivity index (χ1v) is 6.38. The smallest absolute Gasteiger partial charge is 0.370 e. The first-order valence-electron chi connectivity index (χ1n) is 6.38. The Morgan fingerprint density at radius 2 is 2.05 bits per heavy atom. The summed E-state index contributed by atoms with van der Waals surface area (Å²) in [5, 5.41) is 49.4. The zero-order chi connectivity index (χ0) is 16.2. The Hall–Kier alpha value is -1.68. The van der Waals surface area contributed by atoms with Crippen LogP contribution in [0.15, 0.2) is 11.8 Å². The van der Waals surface area contributed by atoms with Crippen LogP contribution in [-0.4, -0.2) is 74.5 Å². The normalized spacial score (nSPS) is 28.0. The van der Waals surface area contributed by atoms with Crippen molar-refractivity contribution < 1.29 is 39.9 Å². The van der Waals surface area contributed by atoms with Gasteiger partial charge in [0.1, 0.15) is 18.3 Å². The maximum absolute atomic E-state index is 11.4. The monoisotopic (exact) mass is 305 g/mol. The third kappa shape index (κ3) is 4.14. The fourth-order valence-electron chi connectivity index (χ4n) is 1.90. The quantitative estimate of drug-likeness (QED) is 0.310. The van der Waals surface area contributed by atoms with Gasteiger partial charge in [-0.1, -0.05) is 6.92 Å². The molecule has 21 heavy (non-hydrogen) atoms. The lowest BCUT2D eigenvalue weighted by Gasteiger charge is -2.38. The molecule has 0 spiro atoms. The van der Waals surface area contributed by atoms with Crippen LogP contribution in [0.4, 0.5) is 0 Å². The van der Waals surface area contributed by atoms with Gasteiger partial charge in [-0.15, -0.1) is 0 Å². The van der Waals surface area contributed by atoms with Gasteiger partial charge in [0.25, 0.3) is 0 Å². The van der Waals surface area contributed by atoms with Crippen LogP contribution >= 0.6 is 0 Å². The molecule has 0 aliphatic carbocycles. The molecule has 1 heterocycles. The molecule has 0 saturated heterocycles. The van der Waals surface area contributed by atoms with E-state index in [1.165, 1.54) is 0 Å². The van der Waals surface area contributed by atoms with Gasteiger partial charge in [-0.05, 0) is 6.08 Å². The van der Waals surface area contributed by atoms with Gasteiger partial charge in [0.15, 0.2) is 6.10 Å². The zero-order valence-electron chi connectivity index (χ0n) is 11.3. The van der Waals surface area contributed by atoms with Crippen LogP contribution in [0.3, 0.4) is 0 Å². The molecule has 5 atom stereocenters. The molecule has 1 amide bonds. The molecule has 0 fully saturated rings. The molecular formula is C12H19NO8. The van der Waals surface area contributed by atoms with E-state index in [1.807, 2.05) is 0 Å². The SMILES string of the molecule is CCC(=O)N[C@@H]1C(O)C=C(C(=O)O)OC1C(O)C(O)CO. The van der Waals surface area contributed by atoms with Crippen LogP contribution in [-0.2, 0) is 14.3 Å². The van der Waals surface area contributed by atoms with Gasteiger partial charge < -0.3 is 35.6 Å². The number of amides is 1. The lowest BCUT2D eigenvalue weighted by atomic mass is 9.93. The molecule has 0 bridgehead atoms. The number of aliphatic hydroxyl groups is 4. The van der Waals surface area contributed by atoms with Crippen LogP contribution in [0.5, 0.6) is 0 Å². The second-order valence-electron chi connectivity index (χ2n) is 4.60. The number of ether oxygens (including phenoxy) is 1. The second-order valence-corrected chi connectivity index (χ2v) is 4.60. The number of carbonyl (C=O) groups is 2. The van der Waals surface area contributed by atoms with Crippen LogP contribution in [0.25, 0.3) is 0 Å². The highest BCUT2D eigenvalue weighted by atomic mass is 16.5. The maximum atomic E-state index is 11.4. The largest absolute Gasteiger partial charge is 0.478 e. The van der Waals surface area contributed by atoms with Gasteiger partial charge in [0.05, 0.1) is 12.6 Å². The van der Waals surface area contributed by atoms with Crippen LogP contribution in [0.1, 0.15) is 13.3 Å². The van der Waals surface area contributed by atoms with E-state index >= 15 is 0 Å². The van der Waals surface area contributed by atoms with Crippen molar-refractivity contribution in [2.24, 2.45) is 0 Å². The van der Waals surface area contributed by atoms with Crippen molar-refractivity contribution in [2.75, 3.05) is 6.61 Å². The van der Waals surface area contributed by atoms with E-state index in [2.05, 4.69) is 5.32 Å². The average Bonchev–Trinajstić information content (AvgIpc) is 2.46. The Morgan fingerprint density at radius 3 is 2.52 bits per heavy atom. The first kappa shape index (κ1) is 17.4. The van der Waals surface area contributed by atoms with Crippen LogP contribution in [0, 0.1) is 0 Å². The summed E-state index contributed by atoms with van der Waals surface area (Å²) in [6.07, 6.45) is -5.17. The fourth-order valence-corrected chi connectivity index (χ4v) is 1.90. The summed E-state index contributed by atoms with van der Waals surface area (Å²) in [5.41, 5.74) is 0. The van der Waals surface area contributed by atoms with Crippen molar-refractivity contribution in [2.45, 2.75) is 43.8 Å². The van der Waals surface area contributed by atoms with Gasteiger partial charge in [-0.3, -0.25) is 4.79 Å². The van der Waals surface area contributed by atoms with E-state index in [-0.39, 0.29) is 6.42 Å². The van der Waals surface area contributed by atoms with E-state index in [0.29, 0.717) is 0 Å². The van der Waals surface area contributed by atoms with E-state index in [0.717, 1.165) is 6.08 Å². The minimum absolute atomic E-state index is 0.101. The van der Waals surface area contributed by atoms with E-state index < -0.39 is 54.7 Å². The van der Waals surface area contributed by atoms with E-state index in [1.54, 1.807) is 6.92 Å². The predicted octanol–water partition coefficient (Wildman–Crippen LogP) is -2.68. The summed E-state index contributed by atoms with van der Waals surface area (Å²) < 4.78 is 5.03. The van der Waals surface area contributed by atoms with Crippen LogP contribution < -0.4 is 5.32 Å². The van der Waals surface area contributed by atoms with Gasteiger partial charge >= 0.3 is 5.97 Å². The van der Waals surface area contributed by atoms with Crippen molar-refractivity contribution >= 4 is 11.9 Å². The standard InChI is InChI=1S/C12H19NO8/c1-2-8(17)13-9-5(15)3-7(12(19)20)21-11(9)10(18)6(16)4-14/h3,5-6,9-11,14-16,18H,2,4H2,1H3,(H,13,17)(H,19,20)/t5?,6?,9-,10?,11?/m1/s1. The molecule has 9 nitrogen and oxygen atoms in total. The molecular weight excluding hydrogens is 286 g/mol. The highest BCUT2D eigenvalue weighted by Crippen LogP contribution is 2.23. The second kappa shape index (κ2) is 7.36. The fraction of sp³-hybridized carbons (Fsp3) is 0.667. The number of hydrogen-bond donors (Lipinski definition) is 6. The Kier molecular flexibility index (Phi) is 6.09. The van der Waals surface area contributed by atoms with Gasteiger partial charge in [0.2, 0.25) is 11.7 Å². The number of carboxylic acid groups (broad SMARTS) is 1. The van der Waals surface area contributed by atoms with E-state index in [9.17, 15) is 24.9 Å². The van der Waals surface area contributed by atoms with Crippen LogP contribution in [0.2, 0.25) is 0 Å². The molecule has 4 unspecified atom stereocenters. The van der Waals surface area contributed by atoms with Crippen molar-refractivity contribution in [1.29, 1.82) is 0 Å². The highest BCUT2D eigenvalue weighted by molar-refractivity contribution is 5.84. The van der Waals surface area contributed by atoms with Crippen molar-refractivity contribution in [3.8, 4) is 0 Å². The van der Waals surface area contributed by atoms with E-state index in [4.69, 9.17) is 14.9 Å². The van der Waals surface area contributed by atoms with Crippen molar-refractivity contribution in [3.63, 3.8) is 0 Å². The molecule has 0 radical (unpaired) electrons. The summed E-state index contributed by atoms with van der Waals surface area (Å²) in [4.78, 5) is 22.3. The first-order chi connectivity index (χ1) is 9.81. The molecule has 6 N–H and O–H groups in total. The van der Waals surface area contributed by atoms with Gasteiger partial charge in [0, 0.05) is 6.42 Å². The summed E-state index contributed by atoms with van der Waals surface area (Å²) in [6, 6.07) is -1.16. The Labute approximate surface area is 120 Å². The molecule has 120 valence electrons. The molecule has 9 heteroatoms. The molecule has 0 saturated carbocycles. The maximum Gasteiger partial charge on any atom is 0.370 e. The number of carbonyl (C=O) groups excluding carboxylic acids is 1. The lowest BCUT2D eigenvalue weighted by Crippen LogP contribution is -2.60. The molecule has 1 rings (SSSR count). The number of rotatable bonds is 6. The molecule has 1 aliphatic rings. The van der Waals surface area contributed by atoms with Crippen molar-refractivity contribution in [3.05, 3.63) is 11.8 Å². The lowest BCUT2D eigenvalue weighted by molar-refractivity contribution is -0.149. The third-order valence-corrected chi connectivity index (χ3v) is 3.08. The summed E-state index contributed by atoms with van der Waals surface area (Å²) in [7, 11) is 0. The Balaban J connectivity index is 3.04. The molecule has 1 aliphatic heterocycles. The topological polar surface area (TPSA) is 157 Å². The number of aliphatic hydroxyl groups excluding tert-OH is 4. The Morgan fingerprint density at radius 1 is 1.43 bits per heavy atom. The number of carboxylic acids is 1. The molecule has 0 aromatic rings. The minimum Gasteiger partial charge on any atom is -0.478 e. The number of aliphatic carboxylic acids is 1. The van der Waals surface area contributed by atoms with Gasteiger partial charge in [-0.2, -0.15) is 0 Å². The number of nitrogens with one attached hydrogen (secondary N) is 1. The average molecular weight is 305 g/mol. The highest BCUT2D eigenvalue weighted by Gasteiger charge is 2.43.